The van der Waals surface area contributed by atoms with E-state index in [9.17, 15) is 19.7 Å². The second-order valence-corrected chi connectivity index (χ2v) is 7.28. The van der Waals surface area contributed by atoms with E-state index in [1.54, 1.807) is 30.1 Å². The Hall–Kier alpha value is -3.97. The normalized spacial score (nSPS) is 13.7. The molecule has 8 heteroatoms. The number of nitrogens with zero attached hydrogens (tertiary/aromatic N) is 3. The SMILES string of the molecule is CN(C1=C(c2ccc([N+](=O)[O-])cc2)C(=O)N(c2cccc(Cl)c2)C1=O)c1ccccc1. The second kappa shape index (κ2) is 8.04. The summed E-state index contributed by atoms with van der Waals surface area (Å²) in [7, 11) is 1.70. The average Bonchev–Trinajstić information content (AvgIpc) is 3.03. The van der Waals surface area contributed by atoms with E-state index in [0.717, 1.165) is 4.90 Å². The van der Waals surface area contributed by atoms with Gasteiger partial charge in [0, 0.05) is 29.9 Å². The molecule has 2 amide bonds. The van der Waals surface area contributed by atoms with Crippen LogP contribution in [0.1, 0.15) is 5.56 Å². The molecule has 0 atom stereocenters. The minimum absolute atomic E-state index is 0.106. The van der Waals surface area contributed by atoms with E-state index < -0.39 is 16.7 Å². The van der Waals surface area contributed by atoms with Crippen LogP contribution in [0.4, 0.5) is 17.1 Å². The van der Waals surface area contributed by atoms with Gasteiger partial charge in [-0.2, -0.15) is 0 Å². The molecule has 0 saturated carbocycles. The van der Waals surface area contributed by atoms with Crippen LogP contribution < -0.4 is 9.80 Å². The highest BCUT2D eigenvalue weighted by Crippen LogP contribution is 2.37. The summed E-state index contributed by atoms with van der Waals surface area (Å²) in [4.78, 5) is 40.1. The van der Waals surface area contributed by atoms with Gasteiger partial charge in [-0.05, 0) is 48.0 Å². The fourth-order valence-corrected chi connectivity index (χ4v) is 3.65. The van der Waals surface area contributed by atoms with Crippen molar-refractivity contribution in [2.75, 3.05) is 16.8 Å². The van der Waals surface area contributed by atoms with E-state index in [0.29, 0.717) is 22.0 Å². The highest BCUT2D eigenvalue weighted by Gasteiger charge is 2.42. The number of hydrogen-bond donors (Lipinski definition) is 0. The lowest BCUT2D eigenvalue weighted by molar-refractivity contribution is -0.384. The predicted molar refractivity (Wildman–Crippen MR) is 119 cm³/mol. The van der Waals surface area contributed by atoms with Gasteiger partial charge in [0.1, 0.15) is 5.70 Å². The van der Waals surface area contributed by atoms with Crippen molar-refractivity contribution in [3.63, 3.8) is 0 Å². The summed E-state index contributed by atoms with van der Waals surface area (Å²) < 4.78 is 0. The van der Waals surface area contributed by atoms with Gasteiger partial charge in [-0.3, -0.25) is 19.7 Å². The number of rotatable bonds is 5. The number of benzene rings is 3. The zero-order chi connectivity index (χ0) is 22.1. The number of nitro groups is 1. The van der Waals surface area contributed by atoms with Gasteiger partial charge in [0.15, 0.2) is 0 Å². The van der Waals surface area contributed by atoms with Crippen LogP contribution in [0.5, 0.6) is 0 Å². The van der Waals surface area contributed by atoms with Crippen LogP contribution in [-0.4, -0.2) is 23.8 Å². The molecule has 0 saturated heterocycles. The highest BCUT2D eigenvalue weighted by molar-refractivity contribution is 6.46. The molecule has 0 unspecified atom stereocenters. The van der Waals surface area contributed by atoms with Gasteiger partial charge in [0.25, 0.3) is 17.5 Å². The van der Waals surface area contributed by atoms with Crippen molar-refractivity contribution < 1.29 is 14.5 Å². The number of anilines is 2. The lowest BCUT2D eigenvalue weighted by atomic mass is 10.0. The van der Waals surface area contributed by atoms with Crippen molar-refractivity contribution >= 4 is 46.1 Å². The Morgan fingerprint density at radius 2 is 1.58 bits per heavy atom. The molecular formula is C23H16ClN3O4. The number of carbonyl (C=O) groups excluding carboxylic acids is 2. The third kappa shape index (κ3) is 3.67. The molecule has 0 fully saturated rings. The molecule has 1 aliphatic rings. The summed E-state index contributed by atoms with van der Waals surface area (Å²) >= 11 is 6.08. The number of para-hydroxylation sites is 1. The number of carbonyl (C=O) groups is 2. The lowest BCUT2D eigenvalue weighted by Gasteiger charge is -2.21. The van der Waals surface area contributed by atoms with Crippen molar-refractivity contribution in [2.45, 2.75) is 0 Å². The molecule has 3 aromatic rings. The summed E-state index contributed by atoms with van der Waals surface area (Å²) in [5, 5.41) is 11.4. The smallest absolute Gasteiger partial charge is 0.282 e. The van der Waals surface area contributed by atoms with Crippen molar-refractivity contribution in [2.24, 2.45) is 0 Å². The fourth-order valence-electron chi connectivity index (χ4n) is 3.47. The quantitative estimate of drug-likeness (QED) is 0.331. The van der Waals surface area contributed by atoms with Crippen LogP contribution in [0, 0.1) is 10.1 Å². The molecule has 4 rings (SSSR count). The van der Waals surface area contributed by atoms with Crippen LogP contribution in [0.3, 0.4) is 0 Å². The summed E-state index contributed by atoms with van der Waals surface area (Å²) in [5.74, 6) is -1.04. The van der Waals surface area contributed by atoms with Gasteiger partial charge in [-0.1, -0.05) is 35.9 Å². The largest absolute Gasteiger partial charge is 0.339 e. The molecule has 1 heterocycles. The van der Waals surface area contributed by atoms with E-state index in [1.807, 2.05) is 30.3 Å². The zero-order valence-electron chi connectivity index (χ0n) is 16.4. The zero-order valence-corrected chi connectivity index (χ0v) is 17.1. The first-order chi connectivity index (χ1) is 14.9. The van der Waals surface area contributed by atoms with Crippen LogP contribution in [0.25, 0.3) is 5.57 Å². The molecule has 0 radical (unpaired) electrons. The molecular weight excluding hydrogens is 418 g/mol. The molecule has 0 spiro atoms. The second-order valence-electron chi connectivity index (χ2n) is 6.85. The summed E-state index contributed by atoms with van der Waals surface area (Å²) in [6, 6.07) is 21.2. The van der Waals surface area contributed by atoms with E-state index in [4.69, 9.17) is 11.6 Å². The monoisotopic (exact) mass is 433 g/mol. The van der Waals surface area contributed by atoms with Gasteiger partial charge in [0.05, 0.1) is 16.2 Å². The minimum atomic E-state index is -0.529. The first-order valence-electron chi connectivity index (χ1n) is 9.30. The maximum absolute atomic E-state index is 13.5. The third-order valence-corrected chi connectivity index (χ3v) is 5.21. The topological polar surface area (TPSA) is 83.8 Å². The standard InChI is InChI=1S/C23H16ClN3O4/c1-25(17-7-3-2-4-8-17)21-20(15-10-12-18(13-11-15)27(30)31)22(28)26(23(21)29)19-9-5-6-16(24)14-19/h2-14H,1H3. The van der Waals surface area contributed by atoms with Gasteiger partial charge < -0.3 is 4.90 Å². The molecule has 1 aliphatic heterocycles. The summed E-state index contributed by atoms with van der Waals surface area (Å²) in [6.07, 6.45) is 0. The molecule has 0 N–H and O–H groups in total. The highest BCUT2D eigenvalue weighted by atomic mass is 35.5. The Balaban J connectivity index is 1.87. The number of amides is 2. The van der Waals surface area contributed by atoms with Crippen molar-refractivity contribution in [3.8, 4) is 0 Å². The number of non-ortho nitro benzene ring substituents is 1. The first kappa shape index (κ1) is 20.3. The molecule has 0 bridgehead atoms. The van der Waals surface area contributed by atoms with E-state index in [2.05, 4.69) is 0 Å². The Labute approximate surface area is 182 Å². The summed E-state index contributed by atoms with van der Waals surface area (Å²) in [5.41, 5.74) is 1.69. The van der Waals surface area contributed by atoms with Crippen molar-refractivity contribution in [1.29, 1.82) is 0 Å². The molecule has 0 aromatic heterocycles. The van der Waals surface area contributed by atoms with Crippen LogP contribution in [0.15, 0.2) is 84.6 Å². The van der Waals surface area contributed by atoms with E-state index >= 15 is 0 Å². The van der Waals surface area contributed by atoms with Crippen LogP contribution >= 0.6 is 11.6 Å². The Morgan fingerprint density at radius 3 is 2.19 bits per heavy atom. The number of halogens is 1. The van der Waals surface area contributed by atoms with Crippen LogP contribution in [0.2, 0.25) is 5.02 Å². The lowest BCUT2D eigenvalue weighted by Crippen LogP contribution is -2.34. The van der Waals surface area contributed by atoms with Gasteiger partial charge >= 0.3 is 0 Å². The number of imide groups is 1. The first-order valence-corrected chi connectivity index (χ1v) is 9.68. The Bertz CT molecular complexity index is 1220. The minimum Gasteiger partial charge on any atom is -0.339 e. The van der Waals surface area contributed by atoms with Gasteiger partial charge in [0.2, 0.25) is 0 Å². The predicted octanol–water partition coefficient (Wildman–Crippen LogP) is 4.67. The Morgan fingerprint density at radius 1 is 0.903 bits per heavy atom. The fraction of sp³-hybridized carbons (Fsp3) is 0.0435. The molecule has 0 aliphatic carbocycles. The van der Waals surface area contributed by atoms with E-state index in [-0.39, 0.29) is 17.0 Å². The molecule has 3 aromatic carbocycles. The summed E-state index contributed by atoms with van der Waals surface area (Å²) in [6.45, 7) is 0. The molecule has 154 valence electrons. The van der Waals surface area contributed by atoms with Gasteiger partial charge in [-0.25, -0.2) is 4.90 Å². The number of nitro benzene ring substituents is 1. The van der Waals surface area contributed by atoms with E-state index in [1.165, 1.54) is 30.3 Å². The van der Waals surface area contributed by atoms with Crippen molar-refractivity contribution in [3.05, 3.63) is 105 Å². The van der Waals surface area contributed by atoms with Crippen LogP contribution in [-0.2, 0) is 9.59 Å². The maximum atomic E-state index is 13.5. The van der Waals surface area contributed by atoms with Crippen molar-refractivity contribution in [1.82, 2.24) is 0 Å². The van der Waals surface area contributed by atoms with Gasteiger partial charge in [-0.15, -0.1) is 0 Å². The Kier molecular flexibility index (Phi) is 5.27. The molecule has 31 heavy (non-hydrogen) atoms. The number of hydrogen-bond acceptors (Lipinski definition) is 5. The third-order valence-electron chi connectivity index (χ3n) is 4.97. The maximum Gasteiger partial charge on any atom is 0.282 e. The number of likely N-dealkylation sites (N-methyl/N-ethyl adjacent to an activating group) is 1. The average molecular weight is 434 g/mol. The molecule has 7 nitrogen and oxygen atoms in total.